The van der Waals surface area contributed by atoms with E-state index >= 15 is 0 Å². The van der Waals surface area contributed by atoms with Crippen LogP contribution in [0.15, 0.2) is 48.5 Å². The van der Waals surface area contributed by atoms with Gasteiger partial charge in [0.25, 0.3) is 0 Å². The highest BCUT2D eigenvalue weighted by Crippen LogP contribution is 2.36. The Bertz CT molecular complexity index is 1080. The Kier molecular flexibility index (Phi) is 5.16. The highest BCUT2D eigenvalue weighted by atomic mass is 32.1. The Morgan fingerprint density at radius 2 is 0.862 bits per heavy atom. The number of hydrogen-bond acceptors (Lipinski definition) is 5. The van der Waals surface area contributed by atoms with Crippen molar-refractivity contribution in [2.75, 3.05) is 0 Å². The number of aromatic carboxylic acids is 4. The Hall–Kier alpha value is -3.98. The van der Waals surface area contributed by atoms with Crippen molar-refractivity contribution < 1.29 is 39.6 Å². The maximum Gasteiger partial charge on any atom is 0.336 e. The molecule has 0 saturated carbocycles. The van der Waals surface area contributed by atoms with E-state index in [0.29, 0.717) is 20.9 Å². The van der Waals surface area contributed by atoms with Crippen molar-refractivity contribution in [1.29, 1.82) is 0 Å². The monoisotopic (exact) mass is 412 g/mol. The van der Waals surface area contributed by atoms with Crippen LogP contribution in [0.1, 0.15) is 41.4 Å². The summed E-state index contributed by atoms with van der Waals surface area (Å²) in [7, 11) is 0. The minimum absolute atomic E-state index is 0.326. The third kappa shape index (κ3) is 3.85. The summed E-state index contributed by atoms with van der Waals surface area (Å²) >= 11 is 1.23. The highest BCUT2D eigenvalue weighted by molar-refractivity contribution is 7.18. The number of carbonyl (C=O) groups is 4. The zero-order valence-electron chi connectivity index (χ0n) is 14.4. The lowest BCUT2D eigenvalue weighted by Gasteiger charge is -2.05. The van der Waals surface area contributed by atoms with Crippen LogP contribution >= 0.6 is 11.3 Å². The fourth-order valence-electron chi connectivity index (χ4n) is 2.77. The molecule has 0 aliphatic heterocycles. The van der Waals surface area contributed by atoms with Gasteiger partial charge in [0.15, 0.2) is 0 Å². The number of carboxylic acid groups (broad SMARTS) is 4. The van der Waals surface area contributed by atoms with Gasteiger partial charge < -0.3 is 20.4 Å². The molecule has 3 rings (SSSR count). The highest BCUT2D eigenvalue weighted by Gasteiger charge is 2.19. The Morgan fingerprint density at radius 3 is 1.17 bits per heavy atom. The van der Waals surface area contributed by atoms with Gasteiger partial charge in [0, 0.05) is 9.75 Å². The van der Waals surface area contributed by atoms with E-state index in [1.165, 1.54) is 47.7 Å². The summed E-state index contributed by atoms with van der Waals surface area (Å²) in [5.74, 6) is -5.42. The fraction of sp³-hybridized carbons (Fsp3) is 0. The molecule has 0 amide bonds. The van der Waals surface area contributed by atoms with Gasteiger partial charge in [0.05, 0.1) is 22.3 Å². The van der Waals surface area contributed by atoms with Crippen molar-refractivity contribution in [1.82, 2.24) is 0 Å². The molecular weight excluding hydrogens is 400 g/mol. The Labute approximate surface area is 166 Å². The lowest BCUT2D eigenvalue weighted by molar-refractivity contribution is 0.0651. The van der Waals surface area contributed by atoms with Gasteiger partial charge in [-0.2, -0.15) is 0 Å². The zero-order valence-corrected chi connectivity index (χ0v) is 15.3. The number of rotatable bonds is 6. The van der Waals surface area contributed by atoms with Crippen LogP contribution in [-0.4, -0.2) is 44.3 Å². The number of thiophene rings is 1. The second-order valence-corrected chi connectivity index (χ2v) is 6.99. The van der Waals surface area contributed by atoms with E-state index < -0.39 is 23.9 Å². The summed E-state index contributed by atoms with van der Waals surface area (Å²) in [4.78, 5) is 46.3. The molecule has 8 nitrogen and oxygen atoms in total. The molecule has 4 N–H and O–H groups in total. The average molecular weight is 412 g/mol. The molecule has 0 bridgehead atoms. The first-order valence-corrected chi connectivity index (χ1v) is 8.82. The van der Waals surface area contributed by atoms with Crippen molar-refractivity contribution in [3.63, 3.8) is 0 Å². The van der Waals surface area contributed by atoms with Crippen molar-refractivity contribution >= 4 is 35.2 Å². The molecule has 0 atom stereocenters. The quantitative estimate of drug-likeness (QED) is 0.476. The molecule has 29 heavy (non-hydrogen) atoms. The van der Waals surface area contributed by atoms with Crippen molar-refractivity contribution in [3.05, 3.63) is 70.8 Å². The van der Waals surface area contributed by atoms with Gasteiger partial charge in [-0.05, 0) is 47.5 Å². The van der Waals surface area contributed by atoms with Crippen LogP contribution in [0.25, 0.3) is 20.9 Å². The fourth-order valence-corrected chi connectivity index (χ4v) is 3.77. The third-order valence-electron chi connectivity index (χ3n) is 4.14. The second kappa shape index (κ2) is 7.56. The minimum Gasteiger partial charge on any atom is -0.478 e. The predicted molar refractivity (Wildman–Crippen MR) is 103 cm³/mol. The molecule has 146 valence electrons. The smallest absolute Gasteiger partial charge is 0.336 e. The summed E-state index contributed by atoms with van der Waals surface area (Å²) in [6.45, 7) is 0. The van der Waals surface area contributed by atoms with Gasteiger partial charge in [0.1, 0.15) is 0 Å². The summed E-state index contributed by atoms with van der Waals surface area (Å²) in [5, 5.41) is 36.7. The third-order valence-corrected chi connectivity index (χ3v) is 5.32. The minimum atomic E-state index is -1.36. The number of hydrogen-bond donors (Lipinski definition) is 4. The first-order chi connectivity index (χ1) is 13.7. The van der Waals surface area contributed by atoms with Crippen molar-refractivity contribution in [2.45, 2.75) is 0 Å². The zero-order chi connectivity index (χ0) is 21.3. The van der Waals surface area contributed by atoms with E-state index in [4.69, 9.17) is 10.2 Å². The largest absolute Gasteiger partial charge is 0.478 e. The summed E-state index contributed by atoms with van der Waals surface area (Å²) in [6.07, 6.45) is 0. The topological polar surface area (TPSA) is 149 Å². The van der Waals surface area contributed by atoms with E-state index in [0.717, 1.165) is 0 Å². The van der Waals surface area contributed by atoms with Crippen molar-refractivity contribution in [2.24, 2.45) is 0 Å². The van der Waals surface area contributed by atoms with Crippen LogP contribution in [0, 0.1) is 0 Å². The normalized spacial score (nSPS) is 10.5. The number of benzene rings is 2. The van der Waals surface area contributed by atoms with Crippen LogP contribution < -0.4 is 0 Å². The summed E-state index contributed by atoms with van der Waals surface area (Å²) in [6, 6.07) is 11.3. The van der Waals surface area contributed by atoms with Gasteiger partial charge in [-0.1, -0.05) is 12.1 Å². The average Bonchev–Trinajstić information content (AvgIpc) is 3.17. The molecule has 9 heteroatoms. The second-order valence-electron chi connectivity index (χ2n) is 5.91. The molecule has 0 aliphatic carbocycles. The molecule has 0 radical (unpaired) electrons. The molecule has 2 aromatic carbocycles. The van der Waals surface area contributed by atoms with E-state index in [2.05, 4.69) is 0 Å². The molecule has 0 spiro atoms. The van der Waals surface area contributed by atoms with Gasteiger partial charge in [-0.15, -0.1) is 11.3 Å². The van der Waals surface area contributed by atoms with E-state index in [-0.39, 0.29) is 22.3 Å². The lowest BCUT2D eigenvalue weighted by Crippen LogP contribution is -2.07. The summed E-state index contributed by atoms with van der Waals surface area (Å²) in [5.41, 5.74) is -0.358. The molecule has 1 heterocycles. The number of carboxylic acids is 4. The predicted octanol–water partition coefficient (Wildman–Crippen LogP) is 3.87. The lowest BCUT2D eigenvalue weighted by atomic mass is 10.0. The van der Waals surface area contributed by atoms with Gasteiger partial charge >= 0.3 is 23.9 Å². The van der Waals surface area contributed by atoms with Crippen molar-refractivity contribution in [3.8, 4) is 20.9 Å². The van der Waals surface area contributed by atoms with E-state index in [1.807, 2.05) is 0 Å². The van der Waals surface area contributed by atoms with Crippen LogP contribution in [0.4, 0.5) is 0 Å². The van der Waals surface area contributed by atoms with Gasteiger partial charge in [-0.3, -0.25) is 0 Å². The van der Waals surface area contributed by atoms with Gasteiger partial charge in [0.2, 0.25) is 0 Å². The molecule has 0 fully saturated rings. The van der Waals surface area contributed by atoms with Crippen LogP contribution in [-0.2, 0) is 0 Å². The van der Waals surface area contributed by atoms with E-state index in [9.17, 15) is 29.4 Å². The van der Waals surface area contributed by atoms with Crippen LogP contribution in [0.5, 0.6) is 0 Å². The van der Waals surface area contributed by atoms with E-state index in [1.54, 1.807) is 12.1 Å². The molecule has 0 saturated heterocycles. The first kappa shape index (κ1) is 19.8. The molecule has 1 aromatic heterocycles. The first-order valence-electron chi connectivity index (χ1n) is 8.01. The maximum atomic E-state index is 11.4. The Balaban J connectivity index is 2.04. The SMILES string of the molecule is O=C(O)c1ccc(-c2ccc(-c3ccc(C(=O)O)c(C(=O)O)c3)s2)cc1C(=O)O. The maximum absolute atomic E-state index is 11.4. The van der Waals surface area contributed by atoms with Crippen LogP contribution in [0.3, 0.4) is 0 Å². The molecular formula is C20H12O8S. The standard InChI is InChI=1S/C20H12O8S/c21-17(22)11-3-1-9(7-13(11)19(25)26)15-5-6-16(29-15)10-2-4-12(18(23)24)14(8-10)20(27)28/h1-8H,(H,21,22)(H,23,24)(H,25,26)(H,27,28). The molecule has 0 unspecified atom stereocenters. The van der Waals surface area contributed by atoms with Gasteiger partial charge in [-0.25, -0.2) is 19.2 Å². The molecule has 3 aromatic rings. The Morgan fingerprint density at radius 1 is 0.517 bits per heavy atom. The summed E-state index contributed by atoms with van der Waals surface area (Å²) < 4.78 is 0. The molecule has 0 aliphatic rings. The van der Waals surface area contributed by atoms with Crippen LogP contribution in [0.2, 0.25) is 0 Å².